The third-order valence-corrected chi connectivity index (χ3v) is 3.39. The van der Waals surface area contributed by atoms with Crippen LogP contribution in [0.15, 0.2) is 6.20 Å². The Labute approximate surface area is 103 Å². The van der Waals surface area contributed by atoms with E-state index >= 15 is 0 Å². The molecule has 96 valence electrons. The first-order chi connectivity index (χ1) is 8.38. The van der Waals surface area contributed by atoms with Crippen LogP contribution >= 0.6 is 0 Å². The van der Waals surface area contributed by atoms with E-state index in [0.29, 0.717) is 6.54 Å². The number of rotatable bonds is 4. The van der Waals surface area contributed by atoms with Crippen LogP contribution in [0.5, 0.6) is 0 Å². The van der Waals surface area contributed by atoms with Gasteiger partial charge in [0.1, 0.15) is 0 Å². The maximum atomic E-state index is 5.51. The highest BCUT2D eigenvalue weighted by atomic mass is 15.4. The van der Waals surface area contributed by atoms with Crippen molar-refractivity contribution in [2.45, 2.75) is 45.2 Å². The molecule has 1 fully saturated rings. The predicted molar refractivity (Wildman–Crippen MR) is 67.4 cm³/mol. The van der Waals surface area contributed by atoms with Crippen molar-refractivity contribution in [2.75, 3.05) is 19.6 Å². The third-order valence-electron chi connectivity index (χ3n) is 3.39. The van der Waals surface area contributed by atoms with E-state index in [2.05, 4.69) is 15.2 Å². The second kappa shape index (κ2) is 6.71. The zero-order valence-electron chi connectivity index (χ0n) is 10.5. The molecule has 0 amide bonds. The Balaban J connectivity index is 1.75. The van der Waals surface area contributed by atoms with Crippen LogP contribution in [0.2, 0.25) is 0 Å². The highest BCUT2D eigenvalue weighted by Gasteiger charge is 2.08. The van der Waals surface area contributed by atoms with Crippen molar-refractivity contribution in [1.82, 2.24) is 19.9 Å². The largest absolute Gasteiger partial charge is 0.325 e. The van der Waals surface area contributed by atoms with Gasteiger partial charge in [0.2, 0.25) is 0 Å². The summed E-state index contributed by atoms with van der Waals surface area (Å²) in [5.41, 5.74) is 6.39. The van der Waals surface area contributed by atoms with Gasteiger partial charge in [-0.15, -0.1) is 5.10 Å². The minimum absolute atomic E-state index is 0.476. The molecule has 0 radical (unpaired) electrons. The number of hydrogen-bond donors (Lipinski definition) is 1. The van der Waals surface area contributed by atoms with Gasteiger partial charge in [0, 0.05) is 19.3 Å². The lowest BCUT2D eigenvalue weighted by atomic mass is 10.1. The molecule has 1 aromatic rings. The van der Waals surface area contributed by atoms with E-state index in [4.69, 9.17) is 5.73 Å². The number of likely N-dealkylation sites (tertiary alicyclic amines) is 1. The average Bonchev–Trinajstić information content (AvgIpc) is 2.75. The molecule has 1 aromatic heterocycles. The maximum absolute atomic E-state index is 5.51. The van der Waals surface area contributed by atoms with Crippen LogP contribution in [0.3, 0.4) is 0 Å². The third kappa shape index (κ3) is 4.09. The molecule has 1 aliphatic rings. The fourth-order valence-electron chi connectivity index (χ4n) is 2.32. The lowest BCUT2D eigenvalue weighted by Gasteiger charge is -2.24. The number of nitrogens with two attached hydrogens (primary N) is 1. The Morgan fingerprint density at radius 3 is 2.41 bits per heavy atom. The van der Waals surface area contributed by atoms with Crippen LogP contribution in [0.4, 0.5) is 0 Å². The summed E-state index contributed by atoms with van der Waals surface area (Å²) < 4.78 is 1.90. The van der Waals surface area contributed by atoms with Gasteiger partial charge in [0.05, 0.1) is 12.2 Å². The van der Waals surface area contributed by atoms with Crippen molar-refractivity contribution >= 4 is 0 Å². The molecule has 0 spiro atoms. The first kappa shape index (κ1) is 12.5. The Kier molecular flexibility index (Phi) is 4.94. The topological polar surface area (TPSA) is 60.0 Å². The van der Waals surface area contributed by atoms with E-state index in [0.717, 1.165) is 18.8 Å². The molecule has 0 aliphatic carbocycles. The van der Waals surface area contributed by atoms with Gasteiger partial charge in [0.15, 0.2) is 0 Å². The number of hydrogen-bond acceptors (Lipinski definition) is 4. The molecule has 0 unspecified atom stereocenters. The van der Waals surface area contributed by atoms with Crippen molar-refractivity contribution in [1.29, 1.82) is 0 Å². The van der Waals surface area contributed by atoms with E-state index < -0.39 is 0 Å². The summed E-state index contributed by atoms with van der Waals surface area (Å²) in [5, 5.41) is 8.07. The van der Waals surface area contributed by atoms with Gasteiger partial charge >= 0.3 is 0 Å². The van der Waals surface area contributed by atoms with E-state index in [1.165, 1.54) is 45.2 Å². The Morgan fingerprint density at radius 1 is 1.06 bits per heavy atom. The SMILES string of the molecule is NCc1cn(CCN2CCCCCCC2)nn1. The van der Waals surface area contributed by atoms with Crippen molar-refractivity contribution in [3.63, 3.8) is 0 Å². The molecule has 1 saturated heterocycles. The van der Waals surface area contributed by atoms with Crippen LogP contribution in [0.25, 0.3) is 0 Å². The summed E-state index contributed by atoms with van der Waals surface area (Å²) in [6, 6.07) is 0. The molecule has 0 saturated carbocycles. The molecule has 2 N–H and O–H groups in total. The van der Waals surface area contributed by atoms with Gasteiger partial charge in [0.25, 0.3) is 0 Å². The van der Waals surface area contributed by atoms with Crippen molar-refractivity contribution in [2.24, 2.45) is 5.73 Å². The standard InChI is InChI=1S/C12H23N5/c13-10-12-11-17(15-14-12)9-8-16-6-4-2-1-3-5-7-16/h11H,1-10,13H2. The lowest BCUT2D eigenvalue weighted by molar-refractivity contribution is 0.235. The van der Waals surface area contributed by atoms with Gasteiger partial charge < -0.3 is 10.6 Å². The molecular formula is C12H23N5. The Hall–Kier alpha value is -0.940. The minimum Gasteiger partial charge on any atom is -0.325 e. The Morgan fingerprint density at radius 2 is 1.76 bits per heavy atom. The quantitative estimate of drug-likeness (QED) is 0.849. The minimum atomic E-state index is 0.476. The van der Waals surface area contributed by atoms with Crippen LogP contribution in [-0.2, 0) is 13.1 Å². The summed E-state index contributed by atoms with van der Waals surface area (Å²) in [5.74, 6) is 0. The van der Waals surface area contributed by atoms with Crippen LogP contribution < -0.4 is 5.73 Å². The zero-order chi connectivity index (χ0) is 11.9. The van der Waals surface area contributed by atoms with Crippen molar-refractivity contribution in [3.05, 3.63) is 11.9 Å². The van der Waals surface area contributed by atoms with Gasteiger partial charge in [-0.2, -0.15) is 0 Å². The summed E-state index contributed by atoms with van der Waals surface area (Å²) in [4.78, 5) is 2.54. The van der Waals surface area contributed by atoms with E-state index in [9.17, 15) is 0 Å². The van der Waals surface area contributed by atoms with Gasteiger partial charge in [-0.05, 0) is 25.9 Å². The zero-order valence-corrected chi connectivity index (χ0v) is 10.5. The van der Waals surface area contributed by atoms with E-state index in [-0.39, 0.29) is 0 Å². The summed E-state index contributed by atoms with van der Waals surface area (Å²) in [6.07, 6.45) is 8.81. The summed E-state index contributed by atoms with van der Waals surface area (Å²) in [7, 11) is 0. The van der Waals surface area contributed by atoms with Gasteiger partial charge in [-0.1, -0.05) is 24.5 Å². The molecule has 0 aromatic carbocycles. The normalized spacial score (nSPS) is 18.9. The number of nitrogens with zero attached hydrogens (tertiary/aromatic N) is 4. The van der Waals surface area contributed by atoms with Crippen molar-refractivity contribution in [3.8, 4) is 0 Å². The molecular weight excluding hydrogens is 214 g/mol. The second-order valence-electron chi connectivity index (χ2n) is 4.79. The summed E-state index contributed by atoms with van der Waals surface area (Å²) >= 11 is 0. The van der Waals surface area contributed by atoms with Gasteiger partial charge in [-0.25, -0.2) is 0 Å². The fourth-order valence-corrected chi connectivity index (χ4v) is 2.32. The average molecular weight is 237 g/mol. The molecule has 0 atom stereocenters. The molecule has 5 nitrogen and oxygen atoms in total. The molecule has 17 heavy (non-hydrogen) atoms. The fraction of sp³-hybridized carbons (Fsp3) is 0.833. The first-order valence-corrected chi connectivity index (χ1v) is 6.70. The monoisotopic (exact) mass is 237 g/mol. The predicted octanol–water partition coefficient (Wildman–Crippen LogP) is 1.00. The highest BCUT2D eigenvalue weighted by Crippen LogP contribution is 2.10. The van der Waals surface area contributed by atoms with Crippen LogP contribution in [0, 0.1) is 0 Å². The van der Waals surface area contributed by atoms with E-state index in [1.807, 2.05) is 10.9 Å². The lowest BCUT2D eigenvalue weighted by Crippen LogP contribution is -2.30. The molecule has 2 heterocycles. The molecule has 1 aliphatic heterocycles. The molecule has 5 heteroatoms. The van der Waals surface area contributed by atoms with E-state index in [1.54, 1.807) is 0 Å². The van der Waals surface area contributed by atoms with Crippen LogP contribution in [0.1, 0.15) is 37.8 Å². The van der Waals surface area contributed by atoms with Gasteiger partial charge in [-0.3, -0.25) is 4.68 Å². The molecule has 0 bridgehead atoms. The number of aromatic nitrogens is 3. The second-order valence-corrected chi connectivity index (χ2v) is 4.79. The Bertz CT molecular complexity index is 314. The first-order valence-electron chi connectivity index (χ1n) is 6.70. The summed E-state index contributed by atoms with van der Waals surface area (Å²) in [6.45, 7) is 4.95. The van der Waals surface area contributed by atoms with Crippen molar-refractivity contribution < 1.29 is 0 Å². The molecule has 2 rings (SSSR count). The van der Waals surface area contributed by atoms with Crippen LogP contribution in [-0.4, -0.2) is 39.5 Å². The smallest absolute Gasteiger partial charge is 0.0962 e. The maximum Gasteiger partial charge on any atom is 0.0962 e. The highest BCUT2D eigenvalue weighted by molar-refractivity contribution is 4.90.